The van der Waals surface area contributed by atoms with E-state index in [2.05, 4.69) is 5.32 Å². The average molecular weight is 294 g/mol. The van der Waals surface area contributed by atoms with E-state index >= 15 is 0 Å². The molecule has 0 saturated heterocycles. The van der Waals surface area contributed by atoms with Gasteiger partial charge in [0.1, 0.15) is 0 Å². The quantitative estimate of drug-likeness (QED) is 0.635. The molecule has 0 aromatic heterocycles. The third-order valence-corrected chi connectivity index (χ3v) is 3.05. The number of rotatable bonds is 6. The van der Waals surface area contributed by atoms with Crippen LogP contribution in [0.5, 0.6) is 0 Å². The summed E-state index contributed by atoms with van der Waals surface area (Å²) in [5.74, 6) is -2.61. The number of nitrogens with one attached hydrogen (secondary N) is 1. The summed E-state index contributed by atoms with van der Waals surface area (Å²) in [6, 6.07) is 7.23. The predicted molar refractivity (Wildman–Crippen MR) is 74.2 cm³/mol. The summed E-state index contributed by atoms with van der Waals surface area (Å²) >= 11 is 0. The number of carboxylic acids is 1. The van der Waals surface area contributed by atoms with Crippen LogP contribution in [0, 0.1) is 0 Å². The lowest BCUT2D eigenvalue weighted by molar-refractivity contribution is -0.151. The highest BCUT2D eigenvalue weighted by molar-refractivity contribution is 5.92. The Morgan fingerprint density at radius 2 is 1.90 bits per heavy atom. The molecular formula is C14H18N2O5. The summed E-state index contributed by atoms with van der Waals surface area (Å²) in [6.07, 6.45) is -0.530. The first-order valence-corrected chi connectivity index (χ1v) is 6.24. The van der Waals surface area contributed by atoms with Crippen molar-refractivity contribution in [3.63, 3.8) is 0 Å². The number of hydrogen-bond donors (Lipinski definition) is 3. The van der Waals surface area contributed by atoms with Crippen LogP contribution in [0.4, 0.5) is 0 Å². The second-order valence-corrected chi connectivity index (χ2v) is 4.68. The van der Waals surface area contributed by atoms with Gasteiger partial charge >= 0.3 is 11.9 Å². The fourth-order valence-corrected chi connectivity index (χ4v) is 1.84. The Hall–Kier alpha value is -2.41. The summed E-state index contributed by atoms with van der Waals surface area (Å²) < 4.78 is 4.72. The van der Waals surface area contributed by atoms with Crippen molar-refractivity contribution >= 4 is 17.8 Å². The number of esters is 1. The predicted octanol–water partition coefficient (Wildman–Crippen LogP) is -0.00700. The lowest BCUT2D eigenvalue weighted by Crippen LogP contribution is -2.55. The van der Waals surface area contributed by atoms with Gasteiger partial charge < -0.3 is 20.9 Å². The van der Waals surface area contributed by atoms with Gasteiger partial charge in [-0.2, -0.15) is 0 Å². The third kappa shape index (κ3) is 4.03. The molecule has 1 aromatic rings. The van der Waals surface area contributed by atoms with E-state index in [1.54, 1.807) is 30.3 Å². The number of benzene rings is 1. The van der Waals surface area contributed by atoms with Crippen molar-refractivity contribution in [2.45, 2.75) is 24.9 Å². The highest BCUT2D eigenvalue weighted by Crippen LogP contribution is 2.22. The first-order valence-electron chi connectivity index (χ1n) is 6.24. The minimum Gasteiger partial charge on any atom is -0.481 e. The Kier molecular flexibility index (Phi) is 5.43. The molecule has 1 aromatic carbocycles. The molecule has 0 bridgehead atoms. The van der Waals surface area contributed by atoms with Crippen LogP contribution in [-0.4, -0.2) is 36.1 Å². The van der Waals surface area contributed by atoms with Crippen LogP contribution in [0.2, 0.25) is 0 Å². The SMILES string of the molecule is COC(=O)[C@@](C)(NC(=O)[C@@H](N)CC(=O)O)c1ccccc1. The molecule has 21 heavy (non-hydrogen) atoms. The van der Waals surface area contributed by atoms with Crippen molar-refractivity contribution in [1.29, 1.82) is 0 Å². The van der Waals surface area contributed by atoms with E-state index in [9.17, 15) is 14.4 Å². The van der Waals surface area contributed by atoms with Crippen LogP contribution in [-0.2, 0) is 24.7 Å². The van der Waals surface area contributed by atoms with Gasteiger partial charge in [-0.15, -0.1) is 0 Å². The molecule has 7 heteroatoms. The lowest BCUT2D eigenvalue weighted by atomic mass is 9.91. The second-order valence-electron chi connectivity index (χ2n) is 4.68. The first-order chi connectivity index (χ1) is 9.81. The zero-order valence-electron chi connectivity index (χ0n) is 11.8. The van der Waals surface area contributed by atoms with Gasteiger partial charge in [-0.3, -0.25) is 9.59 Å². The summed E-state index contributed by atoms with van der Waals surface area (Å²) in [7, 11) is 1.20. The van der Waals surface area contributed by atoms with Crippen molar-refractivity contribution in [3.05, 3.63) is 35.9 Å². The van der Waals surface area contributed by atoms with Crippen LogP contribution in [0.15, 0.2) is 30.3 Å². The van der Waals surface area contributed by atoms with Crippen molar-refractivity contribution in [1.82, 2.24) is 5.32 Å². The van der Waals surface area contributed by atoms with E-state index in [1.165, 1.54) is 14.0 Å². The Bertz CT molecular complexity index is 531. The minimum atomic E-state index is -1.44. The molecule has 0 saturated carbocycles. The highest BCUT2D eigenvalue weighted by Gasteiger charge is 2.39. The molecule has 0 aliphatic heterocycles. The van der Waals surface area contributed by atoms with E-state index in [-0.39, 0.29) is 0 Å². The molecule has 0 radical (unpaired) electrons. The van der Waals surface area contributed by atoms with E-state index in [0.29, 0.717) is 5.56 Å². The number of methoxy groups -OCH3 is 1. The number of aliphatic carboxylic acids is 1. The lowest BCUT2D eigenvalue weighted by Gasteiger charge is -2.29. The van der Waals surface area contributed by atoms with Gasteiger partial charge in [-0.05, 0) is 12.5 Å². The van der Waals surface area contributed by atoms with Gasteiger partial charge in [0.05, 0.1) is 19.6 Å². The third-order valence-electron chi connectivity index (χ3n) is 3.05. The second kappa shape index (κ2) is 6.85. The number of carbonyl (C=O) groups excluding carboxylic acids is 2. The molecule has 0 aliphatic carbocycles. The summed E-state index contributed by atoms with van der Waals surface area (Å²) in [5, 5.41) is 11.1. The minimum absolute atomic E-state index is 0.507. The van der Waals surface area contributed by atoms with Crippen LogP contribution in [0.1, 0.15) is 18.9 Å². The zero-order valence-corrected chi connectivity index (χ0v) is 11.8. The molecule has 0 fully saturated rings. The maximum absolute atomic E-state index is 12.0. The monoisotopic (exact) mass is 294 g/mol. The van der Waals surface area contributed by atoms with Crippen LogP contribution < -0.4 is 11.1 Å². The van der Waals surface area contributed by atoms with E-state index in [0.717, 1.165) is 0 Å². The standard InChI is InChI=1S/C14H18N2O5/c1-14(13(20)21-2,9-6-4-3-5-7-9)16-12(19)10(15)8-11(17)18/h3-7,10H,8,15H2,1-2H3,(H,16,19)(H,17,18)/t10-,14-/m0/s1. The fourth-order valence-electron chi connectivity index (χ4n) is 1.84. The normalized spacial score (nSPS) is 14.6. The molecular weight excluding hydrogens is 276 g/mol. The molecule has 0 aliphatic rings. The molecule has 1 amide bonds. The molecule has 4 N–H and O–H groups in total. The average Bonchev–Trinajstić information content (AvgIpc) is 2.46. The summed E-state index contributed by atoms with van der Waals surface area (Å²) in [4.78, 5) is 34.6. The zero-order chi connectivity index (χ0) is 16.0. The highest BCUT2D eigenvalue weighted by atomic mass is 16.5. The Labute approximate surface area is 122 Å². The van der Waals surface area contributed by atoms with Gasteiger partial charge in [0.25, 0.3) is 0 Å². The van der Waals surface area contributed by atoms with Gasteiger partial charge in [0.2, 0.25) is 5.91 Å². The molecule has 7 nitrogen and oxygen atoms in total. The van der Waals surface area contributed by atoms with Crippen LogP contribution in [0.3, 0.4) is 0 Å². The molecule has 0 heterocycles. The van der Waals surface area contributed by atoms with Gasteiger partial charge in [-0.1, -0.05) is 30.3 Å². The maximum Gasteiger partial charge on any atom is 0.336 e. The molecule has 2 atom stereocenters. The number of nitrogens with two attached hydrogens (primary N) is 1. The summed E-state index contributed by atoms with van der Waals surface area (Å²) in [6.45, 7) is 1.47. The summed E-state index contributed by atoms with van der Waals surface area (Å²) in [5.41, 5.74) is 4.57. The first kappa shape index (κ1) is 16.6. The number of carbonyl (C=O) groups is 3. The van der Waals surface area contributed by atoms with E-state index in [4.69, 9.17) is 15.6 Å². The molecule has 0 unspecified atom stereocenters. The molecule has 0 spiro atoms. The van der Waals surface area contributed by atoms with Crippen molar-refractivity contribution in [2.75, 3.05) is 7.11 Å². The molecule has 1 rings (SSSR count). The van der Waals surface area contributed by atoms with Crippen LogP contribution >= 0.6 is 0 Å². The fraction of sp³-hybridized carbons (Fsp3) is 0.357. The topological polar surface area (TPSA) is 119 Å². The van der Waals surface area contributed by atoms with Gasteiger partial charge in [0, 0.05) is 0 Å². The van der Waals surface area contributed by atoms with Crippen LogP contribution in [0.25, 0.3) is 0 Å². The van der Waals surface area contributed by atoms with Gasteiger partial charge in [-0.25, -0.2) is 4.79 Å². The maximum atomic E-state index is 12.0. The number of hydrogen-bond acceptors (Lipinski definition) is 5. The van der Waals surface area contributed by atoms with E-state index < -0.39 is 35.8 Å². The smallest absolute Gasteiger partial charge is 0.336 e. The largest absolute Gasteiger partial charge is 0.481 e. The molecule has 114 valence electrons. The van der Waals surface area contributed by atoms with Crippen molar-refractivity contribution in [2.24, 2.45) is 5.73 Å². The Morgan fingerprint density at radius 3 is 2.38 bits per heavy atom. The number of carboxylic acid groups (broad SMARTS) is 1. The number of amides is 1. The number of ether oxygens (including phenoxy) is 1. The van der Waals surface area contributed by atoms with Crippen molar-refractivity contribution < 1.29 is 24.2 Å². The van der Waals surface area contributed by atoms with Crippen molar-refractivity contribution in [3.8, 4) is 0 Å². The Balaban J connectivity index is 3.02. The van der Waals surface area contributed by atoms with E-state index in [1.807, 2.05) is 0 Å². The van der Waals surface area contributed by atoms with Gasteiger partial charge in [0.15, 0.2) is 5.54 Å². The Morgan fingerprint density at radius 1 is 1.33 bits per heavy atom.